The Balaban J connectivity index is 3.19. The second-order valence-corrected chi connectivity index (χ2v) is 2.37. The highest BCUT2D eigenvalue weighted by Crippen LogP contribution is 2.16. The van der Waals surface area contributed by atoms with E-state index in [1.54, 1.807) is 12.1 Å². The predicted molar refractivity (Wildman–Crippen MR) is 43.9 cm³/mol. The van der Waals surface area contributed by atoms with Crippen LogP contribution in [0.3, 0.4) is 0 Å². The van der Waals surface area contributed by atoms with Crippen LogP contribution in [0.4, 0.5) is 4.39 Å². The van der Waals surface area contributed by atoms with Crippen LogP contribution in [-0.4, -0.2) is 0 Å². The molecule has 0 aromatic heterocycles. The lowest BCUT2D eigenvalue weighted by Crippen LogP contribution is -1.83. The molecule has 0 saturated carbocycles. The van der Waals surface area contributed by atoms with E-state index in [1.807, 2.05) is 0 Å². The Morgan fingerprint density at radius 1 is 1.42 bits per heavy atom. The van der Waals surface area contributed by atoms with Gasteiger partial charge in [0.1, 0.15) is 0 Å². The lowest BCUT2D eigenvalue weighted by atomic mass is 10.2. The van der Waals surface area contributed by atoms with Crippen molar-refractivity contribution in [2.24, 2.45) is 0 Å². The molecule has 0 aliphatic carbocycles. The van der Waals surface area contributed by atoms with Crippen LogP contribution in [0, 0.1) is 29.0 Å². The molecular formula is C9H3ClFN. The lowest BCUT2D eigenvalue weighted by molar-refractivity contribution is 0.625. The third kappa shape index (κ3) is 1.75. The van der Waals surface area contributed by atoms with Crippen molar-refractivity contribution in [1.29, 1.82) is 5.26 Å². The van der Waals surface area contributed by atoms with Crippen LogP contribution in [0.5, 0.6) is 0 Å². The van der Waals surface area contributed by atoms with E-state index in [4.69, 9.17) is 16.9 Å². The largest absolute Gasteiger partial charge is 0.204 e. The zero-order chi connectivity index (χ0) is 8.97. The van der Waals surface area contributed by atoms with Crippen LogP contribution in [0.1, 0.15) is 5.56 Å². The van der Waals surface area contributed by atoms with Gasteiger partial charge in [-0.25, -0.2) is 4.39 Å². The van der Waals surface area contributed by atoms with Crippen molar-refractivity contribution >= 4 is 11.6 Å². The van der Waals surface area contributed by atoms with Gasteiger partial charge in [0.05, 0.1) is 10.6 Å². The first-order chi connectivity index (χ1) is 5.75. The summed E-state index contributed by atoms with van der Waals surface area (Å²) in [5.41, 5.74) is 0.143. The zero-order valence-electron chi connectivity index (χ0n) is 5.94. The molecular weight excluding hydrogens is 177 g/mol. The molecule has 0 amide bonds. The molecule has 0 spiro atoms. The summed E-state index contributed by atoms with van der Waals surface area (Å²) in [6.45, 7) is 0. The van der Waals surface area contributed by atoms with E-state index < -0.39 is 5.82 Å². The lowest BCUT2D eigenvalue weighted by Gasteiger charge is -1.94. The number of nitriles is 1. The standard InChI is InChI=1S/C9H3ClFN/c10-8-5-1-3-7(9(8)11)4-2-6-12/h1,3,5H. The second-order valence-electron chi connectivity index (χ2n) is 1.96. The van der Waals surface area contributed by atoms with Gasteiger partial charge in [0, 0.05) is 5.92 Å². The second kappa shape index (κ2) is 3.76. The Bertz CT molecular complexity index is 395. The Kier molecular flexibility index (Phi) is 2.69. The summed E-state index contributed by atoms with van der Waals surface area (Å²) in [7, 11) is 0. The molecule has 3 heteroatoms. The topological polar surface area (TPSA) is 23.8 Å². The minimum absolute atomic E-state index is 0.0136. The Morgan fingerprint density at radius 3 is 2.83 bits per heavy atom. The van der Waals surface area contributed by atoms with Gasteiger partial charge in [-0.1, -0.05) is 17.7 Å². The summed E-state index contributed by atoms with van der Waals surface area (Å²) in [5, 5.41) is 8.12. The monoisotopic (exact) mass is 179 g/mol. The summed E-state index contributed by atoms with van der Waals surface area (Å²) in [6, 6.07) is 6.06. The fraction of sp³-hybridized carbons (Fsp3) is 0. The van der Waals surface area contributed by atoms with Gasteiger partial charge in [0.25, 0.3) is 0 Å². The molecule has 0 fully saturated rings. The highest BCUT2D eigenvalue weighted by atomic mass is 35.5. The van der Waals surface area contributed by atoms with E-state index in [9.17, 15) is 4.39 Å². The van der Waals surface area contributed by atoms with Crippen LogP contribution in [-0.2, 0) is 0 Å². The average Bonchev–Trinajstić information content (AvgIpc) is 2.08. The van der Waals surface area contributed by atoms with Gasteiger partial charge < -0.3 is 0 Å². The molecule has 0 atom stereocenters. The molecule has 0 aliphatic heterocycles. The smallest absolute Gasteiger partial charge is 0.157 e. The maximum Gasteiger partial charge on any atom is 0.157 e. The van der Waals surface area contributed by atoms with Gasteiger partial charge in [-0.15, -0.1) is 0 Å². The molecule has 1 nitrogen and oxygen atoms in total. The van der Waals surface area contributed by atoms with E-state index in [0.29, 0.717) is 0 Å². The Labute approximate surface area is 74.4 Å². The fourth-order valence-corrected chi connectivity index (χ4v) is 0.870. The van der Waals surface area contributed by atoms with Gasteiger partial charge >= 0.3 is 0 Å². The first-order valence-corrected chi connectivity index (χ1v) is 3.47. The number of hydrogen-bond acceptors (Lipinski definition) is 1. The molecule has 0 bridgehead atoms. The van der Waals surface area contributed by atoms with Gasteiger partial charge in [-0.05, 0) is 18.1 Å². The molecule has 1 rings (SSSR count). The van der Waals surface area contributed by atoms with Crippen molar-refractivity contribution in [2.75, 3.05) is 0 Å². The van der Waals surface area contributed by atoms with Crippen LogP contribution in [0.25, 0.3) is 0 Å². The van der Waals surface area contributed by atoms with E-state index in [0.717, 1.165) is 0 Å². The molecule has 0 radical (unpaired) electrons. The SMILES string of the molecule is N#CC#Cc1cccc(Cl)c1F. The number of rotatable bonds is 0. The van der Waals surface area contributed by atoms with Gasteiger partial charge in [0.2, 0.25) is 0 Å². The van der Waals surface area contributed by atoms with Gasteiger partial charge in [-0.3, -0.25) is 0 Å². The van der Waals surface area contributed by atoms with Gasteiger partial charge in [-0.2, -0.15) is 5.26 Å². The van der Waals surface area contributed by atoms with E-state index in [2.05, 4.69) is 11.8 Å². The number of halogens is 2. The van der Waals surface area contributed by atoms with E-state index >= 15 is 0 Å². The van der Waals surface area contributed by atoms with Crippen molar-refractivity contribution in [3.8, 4) is 17.9 Å². The first kappa shape index (κ1) is 8.59. The normalized spacial score (nSPS) is 8.08. The number of nitrogens with zero attached hydrogens (tertiary/aromatic N) is 1. The van der Waals surface area contributed by atoms with Crippen LogP contribution in [0.2, 0.25) is 5.02 Å². The maximum atomic E-state index is 13.0. The zero-order valence-corrected chi connectivity index (χ0v) is 6.69. The molecule has 0 saturated heterocycles. The average molecular weight is 180 g/mol. The minimum Gasteiger partial charge on any atom is -0.204 e. The predicted octanol–water partition coefficient (Wildman–Crippen LogP) is 2.35. The molecule has 0 heterocycles. The number of benzene rings is 1. The molecule has 0 unspecified atom stereocenters. The van der Waals surface area contributed by atoms with Gasteiger partial charge in [0.15, 0.2) is 11.9 Å². The first-order valence-electron chi connectivity index (χ1n) is 3.10. The third-order valence-corrected chi connectivity index (χ3v) is 1.50. The number of hydrogen-bond donors (Lipinski definition) is 0. The highest BCUT2D eigenvalue weighted by molar-refractivity contribution is 6.30. The van der Waals surface area contributed by atoms with Crippen molar-refractivity contribution < 1.29 is 4.39 Å². The minimum atomic E-state index is -0.582. The summed E-state index contributed by atoms with van der Waals surface area (Å²) >= 11 is 5.47. The van der Waals surface area contributed by atoms with E-state index in [1.165, 1.54) is 12.1 Å². The Morgan fingerprint density at radius 2 is 2.17 bits per heavy atom. The van der Waals surface area contributed by atoms with Crippen molar-refractivity contribution in [1.82, 2.24) is 0 Å². The molecule has 1 aromatic carbocycles. The molecule has 12 heavy (non-hydrogen) atoms. The summed E-state index contributed by atoms with van der Waals surface area (Å²) in [4.78, 5) is 0. The fourth-order valence-electron chi connectivity index (χ4n) is 0.696. The quantitative estimate of drug-likeness (QED) is 0.561. The molecule has 0 N–H and O–H groups in total. The molecule has 1 aromatic rings. The summed E-state index contributed by atoms with van der Waals surface area (Å²) in [5.74, 6) is 3.84. The third-order valence-electron chi connectivity index (χ3n) is 1.20. The Hall–Kier alpha value is -1.51. The molecule has 0 aliphatic rings. The van der Waals surface area contributed by atoms with Crippen molar-refractivity contribution in [3.05, 3.63) is 34.6 Å². The summed E-state index contributed by atoms with van der Waals surface area (Å²) < 4.78 is 13.0. The maximum absolute atomic E-state index is 13.0. The molecule has 58 valence electrons. The van der Waals surface area contributed by atoms with Crippen LogP contribution >= 0.6 is 11.6 Å². The van der Waals surface area contributed by atoms with Crippen LogP contribution < -0.4 is 0 Å². The summed E-state index contributed by atoms with van der Waals surface area (Å²) in [6.07, 6.45) is 0. The van der Waals surface area contributed by atoms with E-state index in [-0.39, 0.29) is 10.6 Å². The van der Waals surface area contributed by atoms with Crippen molar-refractivity contribution in [3.63, 3.8) is 0 Å². The van der Waals surface area contributed by atoms with Crippen molar-refractivity contribution in [2.45, 2.75) is 0 Å². The highest BCUT2D eigenvalue weighted by Gasteiger charge is 2.02. The van der Waals surface area contributed by atoms with Crippen LogP contribution in [0.15, 0.2) is 18.2 Å².